The SMILES string of the molecule is CCOC(COCC(OCC)(OCC)C(OCC)(OCC)OCC)(OCC)C(OCC)(OCC)OCC. The number of hydrogen-bond donors (Lipinski definition) is 0. The Morgan fingerprint density at radius 3 is 0.649 bits per heavy atom. The van der Waals surface area contributed by atoms with Crippen LogP contribution < -0.4 is 0 Å². The van der Waals surface area contributed by atoms with Crippen LogP contribution in [-0.2, 0) is 52.1 Å². The molecule has 0 radical (unpaired) electrons. The molecular weight excluding hydrogens is 488 g/mol. The molecule has 37 heavy (non-hydrogen) atoms. The zero-order valence-electron chi connectivity index (χ0n) is 25.0. The summed E-state index contributed by atoms with van der Waals surface area (Å²) in [6.45, 7) is 20.9. The van der Waals surface area contributed by atoms with Gasteiger partial charge in [0.2, 0.25) is 0 Å². The molecule has 0 spiro atoms. The van der Waals surface area contributed by atoms with Crippen LogP contribution in [0.1, 0.15) is 69.2 Å². The highest BCUT2D eigenvalue weighted by Gasteiger charge is 2.62. The fraction of sp³-hybridized carbons (Fsp3) is 1.00. The van der Waals surface area contributed by atoms with Gasteiger partial charge in [0.1, 0.15) is 13.2 Å². The zero-order chi connectivity index (χ0) is 28.3. The van der Waals surface area contributed by atoms with E-state index in [0.717, 1.165) is 0 Å². The smallest absolute Gasteiger partial charge is 0.343 e. The van der Waals surface area contributed by atoms with Gasteiger partial charge in [-0.1, -0.05) is 0 Å². The highest BCUT2D eigenvalue weighted by atomic mass is 16.9. The monoisotopic (exact) mass is 542 g/mol. The minimum Gasteiger partial charge on any atom is -0.370 e. The predicted octanol–water partition coefficient (Wildman–Crippen LogP) is 4.07. The van der Waals surface area contributed by atoms with Gasteiger partial charge in [0.15, 0.2) is 0 Å². The van der Waals surface area contributed by atoms with Crippen molar-refractivity contribution >= 4 is 0 Å². The van der Waals surface area contributed by atoms with E-state index in [9.17, 15) is 0 Å². The summed E-state index contributed by atoms with van der Waals surface area (Å²) in [7, 11) is 0. The Morgan fingerprint density at radius 1 is 0.297 bits per heavy atom. The molecule has 224 valence electrons. The fourth-order valence-corrected chi connectivity index (χ4v) is 4.08. The first kappa shape index (κ1) is 36.6. The summed E-state index contributed by atoms with van der Waals surface area (Å²) in [4.78, 5) is 0. The third-order valence-electron chi connectivity index (χ3n) is 5.03. The van der Waals surface area contributed by atoms with Crippen LogP contribution in [0.25, 0.3) is 0 Å². The van der Waals surface area contributed by atoms with E-state index in [0.29, 0.717) is 0 Å². The third-order valence-corrected chi connectivity index (χ3v) is 5.03. The summed E-state index contributed by atoms with van der Waals surface area (Å²) >= 11 is 0. The maximum Gasteiger partial charge on any atom is 0.343 e. The molecule has 0 aromatic carbocycles. The van der Waals surface area contributed by atoms with E-state index < -0.39 is 23.5 Å². The molecule has 0 aromatic rings. The van der Waals surface area contributed by atoms with Gasteiger partial charge in [0.25, 0.3) is 11.6 Å². The Hall–Kier alpha value is -0.440. The fourth-order valence-electron chi connectivity index (χ4n) is 4.08. The van der Waals surface area contributed by atoms with Crippen molar-refractivity contribution in [1.29, 1.82) is 0 Å². The average molecular weight is 543 g/mol. The number of ether oxygens (including phenoxy) is 11. The quantitative estimate of drug-likeness (QED) is 0.148. The Balaban J connectivity index is 6.59. The van der Waals surface area contributed by atoms with Crippen molar-refractivity contribution in [2.45, 2.75) is 92.8 Å². The van der Waals surface area contributed by atoms with Gasteiger partial charge in [0.05, 0.1) is 0 Å². The lowest BCUT2D eigenvalue weighted by atomic mass is 10.2. The molecule has 0 aliphatic carbocycles. The van der Waals surface area contributed by atoms with Crippen LogP contribution >= 0.6 is 0 Å². The molecule has 0 amide bonds. The van der Waals surface area contributed by atoms with Crippen molar-refractivity contribution < 1.29 is 52.1 Å². The topological polar surface area (TPSA) is 102 Å². The first-order chi connectivity index (χ1) is 17.8. The van der Waals surface area contributed by atoms with Crippen molar-refractivity contribution in [3.8, 4) is 0 Å². The van der Waals surface area contributed by atoms with E-state index in [-0.39, 0.29) is 79.3 Å². The first-order valence-corrected chi connectivity index (χ1v) is 13.8. The summed E-state index contributed by atoms with van der Waals surface area (Å²) < 4.78 is 67.1. The largest absolute Gasteiger partial charge is 0.370 e. The van der Waals surface area contributed by atoms with Crippen LogP contribution in [0.4, 0.5) is 0 Å². The van der Waals surface area contributed by atoms with Crippen LogP contribution in [0.2, 0.25) is 0 Å². The molecule has 11 nitrogen and oxygen atoms in total. The second-order valence-corrected chi connectivity index (χ2v) is 7.44. The number of hydrogen-bond acceptors (Lipinski definition) is 11. The Kier molecular flexibility index (Phi) is 19.4. The van der Waals surface area contributed by atoms with Gasteiger partial charge in [-0.15, -0.1) is 0 Å². The van der Waals surface area contributed by atoms with Gasteiger partial charge in [-0.3, -0.25) is 0 Å². The number of rotatable bonds is 26. The van der Waals surface area contributed by atoms with Gasteiger partial charge < -0.3 is 52.1 Å². The maximum absolute atomic E-state index is 6.28. The van der Waals surface area contributed by atoms with Crippen LogP contribution in [0.15, 0.2) is 0 Å². The molecule has 0 fully saturated rings. The Labute approximate surface area is 224 Å². The van der Waals surface area contributed by atoms with Crippen LogP contribution in [0.5, 0.6) is 0 Å². The van der Waals surface area contributed by atoms with Crippen LogP contribution in [0.3, 0.4) is 0 Å². The summed E-state index contributed by atoms with van der Waals surface area (Å²) in [5, 5.41) is 0. The lowest BCUT2D eigenvalue weighted by Gasteiger charge is -2.48. The lowest BCUT2D eigenvalue weighted by Crippen LogP contribution is -2.67. The predicted molar refractivity (Wildman–Crippen MR) is 138 cm³/mol. The average Bonchev–Trinajstić information content (AvgIpc) is 2.85. The summed E-state index contributed by atoms with van der Waals surface area (Å²) in [6.07, 6.45) is 0. The molecule has 0 N–H and O–H groups in total. The Bertz CT molecular complexity index is 455. The second-order valence-electron chi connectivity index (χ2n) is 7.44. The van der Waals surface area contributed by atoms with Crippen LogP contribution in [0, 0.1) is 0 Å². The summed E-state index contributed by atoms with van der Waals surface area (Å²) in [5.74, 6) is -6.52. The molecular formula is C26H54O11. The highest BCUT2D eigenvalue weighted by Crippen LogP contribution is 2.38. The summed E-state index contributed by atoms with van der Waals surface area (Å²) in [6, 6.07) is 0. The maximum atomic E-state index is 6.28. The molecule has 0 rings (SSSR count). The molecule has 11 heteroatoms. The normalized spacial score (nSPS) is 13.5. The lowest BCUT2D eigenvalue weighted by molar-refractivity contribution is -0.513. The molecule has 0 saturated carbocycles. The molecule has 0 aromatic heterocycles. The molecule has 0 unspecified atom stereocenters. The standard InChI is InChI=1S/C26H54O11/c1-11-28-23(29-12-2,25(32-15-5,33-16-6)34-17-7)21-27-22-24(30-13-3,31-14-4)26(35-18-8,36-19-9)37-20-10/h11-22H2,1-10H3. The van der Waals surface area contributed by atoms with Crippen molar-refractivity contribution in [3.63, 3.8) is 0 Å². The van der Waals surface area contributed by atoms with E-state index in [4.69, 9.17) is 52.1 Å². The van der Waals surface area contributed by atoms with Gasteiger partial charge in [-0.2, -0.15) is 0 Å². The highest BCUT2D eigenvalue weighted by molar-refractivity contribution is 4.87. The molecule has 0 saturated heterocycles. The van der Waals surface area contributed by atoms with Crippen molar-refractivity contribution in [3.05, 3.63) is 0 Å². The van der Waals surface area contributed by atoms with Gasteiger partial charge >= 0.3 is 11.9 Å². The van der Waals surface area contributed by atoms with Gasteiger partial charge in [-0.25, -0.2) is 0 Å². The Morgan fingerprint density at radius 2 is 0.486 bits per heavy atom. The van der Waals surface area contributed by atoms with Crippen molar-refractivity contribution in [1.82, 2.24) is 0 Å². The minimum atomic E-state index is -1.69. The molecule has 0 heterocycles. The molecule has 0 atom stereocenters. The third kappa shape index (κ3) is 9.32. The minimum absolute atomic E-state index is 0.156. The summed E-state index contributed by atoms with van der Waals surface area (Å²) in [5.41, 5.74) is 0. The van der Waals surface area contributed by atoms with E-state index in [1.54, 1.807) is 0 Å². The van der Waals surface area contributed by atoms with E-state index in [1.807, 2.05) is 69.2 Å². The molecule has 0 aliphatic rings. The van der Waals surface area contributed by atoms with Crippen molar-refractivity contribution in [2.75, 3.05) is 79.3 Å². The van der Waals surface area contributed by atoms with Crippen molar-refractivity contribution in [2.24, 2.45) is 0 Å². The zero-order valence-corrected chi connectivity index (χ0v) is 25.0. The van der Waals surface area contributed by atoms with E-state index in [1.165, 1.54) is 0 Å². The van der Waals surface area contributed by atoms with Crippen LogP contribution in [-0.4, -0.2) is 103 Å². The first-order valence-electron chi connectivity index (χ1n) is 13.8. The molecule has 0 bridgehead atoms. The molecule has 0 aliphatic heterocycles. The van der Waals surface area contributed by atoms with E-state index >= 15 is 0 Å². The second kappa shape index (κ2) is 19.6. The van der Waals surface area contributed by atoms with Gasteiger partial charge in [0, 0.05) is 66.1 Å². The van der Waals surface area contributed by atoms with E-state index in [2.05, 4.69) is 0 Å². The van der Waals surface area contributed by atoms with Gasteiger partial charge in [-0.05, 0) is 69.2 Å².